The van der Waals surface area contributed by atoms with Gasteiger partial charge >= 0.3 is 6.18 Å². The molecular weight excluding hydrogens is 529 g/mol. The fourth-order valence-electron chi connectivity index (χ4n) is 5.54. The van der Waals surface area contributed by atoms with Crippen LogP contribution in [0.1, 0.15) is 43.4 Å². The second-order valence-electron chi connectivity index (χ2n) is 10.1. The number of ether oxygens (including phenoxy) is 1. The molecule has 5 rings (SSSR count). The number of carbonyl (C=O) groups excluding carboxylic acids is 1. The summed E-state index contributed by atoms with van der Waals surface area (Å²) in [5.41, 5.74) is 0.598. The fraction of sp³-hybridized carbons (Fsp3) is 0.333. The van der Waals surface area contributed by atoms with E-state index in [1.54, 1.807) is 23.1 Å². The Labute approximate surface area is 228 Å². The van der Waals surface area contributed by atoms with Crippen molar-refractivity contribution in [3.63, 3.8) is 0 Å². The smallest absolute Gasteiger partial charge is 0.416 e. The van der Waals surface area contributed by atoms with Gasteiger partial charge in [-0.2, -0.15) is 13.2 Å². The predicted octanol–water partition coefficient (Wildman–Crippen LogP) is 7.48. The molecule has 0 N–H and O–H groups in total. The number of halogens is 5. The van der Waals surface area contributed by atoms with Crippen LogP contribution in [-0.2, 0) is 11.0 Å². The van der Waals surface area contributed by atoms with E-state index in [0.29, 0.717) is 37.3 Å². The van der Waals surface area contributed by atoms with Gasteiger partial charge in [-0.1, -0.05) is 12.1 Å². The van der Waals surface area contributed by atoms with Crippen molar-refractivity contribution in [2.75, 3.05) is 30.0 Å². The van der Waals surface area contributed by atoms with Crippen molar-refractivity contribution >= 4 is 28.7 Å². The molecule has 10 heteroatoms. The Morgan fingerprint density at radius 2 is 1.73 bits per heavy atom. The number of alkyl halides is 3. The van der Waals surface area contributed by atoms with Gasteiger partial charge in [0.15, 0.2) is 0 Å². The first-order valence-electron chi connectivity index (χ1n) is 13.0. The number of hydrogen-bond acceptors (Lipinski definition) is 5. The van der Waals surface area contributed by atoms with Crippen LogP contribution < -0.4 is 14.5 Å². The van der Waals surface area contributed by atoms with Crippen LogP contribution in [0, 0.1) is 17.6 Å². The molecule has 0 radical (unpaired) electrons. The monoisotopic (exact) mass is 557 g/mol. The van der Waals surface area contributed by atoms with Gasteiger partial charge < -0.3 is 14.5 Å². The van der Waals surface area contributed by atoms with Crippen LogP contribution in [0.3, 0.4) is 0 Å². The summed E-state index contributed by atoms with van der Waals surface area (Å²) in [6.45, 7) is 2.54. The molecule has 0 saturated carbocycles. The zero-order chi connectivity index (χ0) is 28.6. The molecule has 2 aliphatic heterocycles. The van der Waals surface area contributed by atoms with Gasteiger partial charge in [-0.15, -0.1) is 0 Å². The molecule has 2 heterocycles. The minimum Gasteiger partial charge on any atom is -0.495 e. The fourth-order valence-corrected chi connectivity index (χ4v) is 5.54. The van der Waals surface area contributed by atoms with E-state index < -0.39 is 23.6 Å². The van der Waals surface area contributed by atoms with E-state index >= 15 is 4.39 Å². The van der Waals surface area contributed by atoms with Crippen molar-refractivity contribution in [3.8, 4) is 5.75 Å². The zero-order valence-corrected chi connectivity index (χ0v) is 22.0. The lowest BCUT2D eigenvalue weighted by Gasteiger charge is -2.43. The number of fused-ring (bicyclic) bond motifs is 1. The van der Waals surface area contributed by atoms with Gasteiger partial charge in [0.2, 0.25) is 0 Å². The average Bonchev–Trinajstić information content (AvgIpc) is 2.93. The van der Waals surface area contributed by atoms with Crippen molar-refractivity contribution in [1.29, 1.82) is 0 Å². The molecule has 0 bridgehead atoms. The Balaban J connectivity index is 1.61. The number of piperidine rings is 1. The highest BCUT2D eigenvalue weighted by Crippen LogP contribution is 2.47. The van der Waals surface area contributed by atoms with Gasteiger partial charge in [-0.25, -0.2) is 13.8 Å². The van der Waals surface area contributed by atoms with E-state index in [4.69, 9.17) is 9.73 Å². The Morgan fingerprint density at radius 1 is 1.02 bits per heavy atom. The van der Waals surface area contributed by atoms with Crippen molar-refractivity contribution in [2.24, 2.45) is 10.9 Å². The molecule has 3 aromatic carbocycles. The van der Waals surface area contributed by atoms with Gasteiger partial charge in [0.05, 0.1) is 24.4 Å². The first-order valence-corrected chi connectivity index (χ1v) is 13.0. The number of benzene rings is 3. The molecular formula is C30H28F5N3O2. The highest BCUT2D eigenvalue weighted by atomic mass is 19.4. The number of rotatable bonds is 6. The number of anilines is 2. The van der Waals surface area contributed by atoms with Crippen molar-refractivity contribution in [2.45, 2.75) is 38.4 Å². The van der Waals surface area contributed by atoms with E-state index in [2.05, 4.69) is 4.90 Å². The van der Waals surface area contributed by atoms with Gasteiger partial charge in [-0.3, -0.25) is 4.79 Å². The second-order valence-corrected chi connectivity index (χ2v) is 10.1. The molecule has 1 unspecified atom stereocenters. The van der Waals surface area contributed by atoms with Gasteiger partial charge in [-0.05, 0) is 68.3 Å². The summed E-state index contributed by atoms with van der Waals surface area (Å²) in [7, 11) is 1.36. The number of aliphatic imine (C=N–C) groups is 1. The van der Waals surface area contributed by atoms with Gasteiger partial charge in [0.25, 0.3) is 0 Å². The number of para-hydroxylation sites is 1. The summed E-state index contributed by atoms with van der Waals surface area (Å²) in [6.07, 6.45) is -3.56. The predicted molar refractivity (Wildman–Crippen MR) is 143 cm³/mol. The molecule has 210 valence electrons. The Hall–Kier alpha value is -3.95. The SMILES string of the molecule is COc1ccc(C(F)(F)F)cc1N1C(C2CCN(c3ccc(F)cc3)CC2)=Nc2c(F)cccc2C1CC(C)=O. The van der Waals surface area contributed by atoms with Crippen LogP contribution in [0.25, 0.3) is 0 Å². The maximum atomic E-state index is 15.1. The molecule has 2 aliphatic rings. The second kappa shape index (κ2) is 10.9. The quantitative estimate of drug-likeness (QED) is 0.295. The molecule has 3 aromatic rings. The highest BCUT2D eigenvalue weighted by molar-refractivity contribution is 6.05. The van der Waals surface area contributed by atoms with E-state index in [0.717, 1.165) is 17.8 Å². The van der Waals surface area contributed by atoms with E-state index in [9.17, 15) is 22.4 Å². The number of carbonyl (C=O) groups is 1. The minimum atomic E-state index is -4.62. The molecule has 0 spiro atoms. The maximum absolute atomic E-state index is 15.1. The van der Waals surface area contributed by atoms with E-state index in [1.165, 1.54) is 44.4 Å². The summed E-state index contributed by atoms with van der Waals surface area (Å²) >= 11 is 0. The van der Waals surface area contributed by atoms with Crippen molar-refractivity contribution in [3.05, 3.63) is 83.4 Å². The molecule has 40 heavy (non-hydrogen) atoms. The molecule has 1 saturated heterocycles. The van der Waals surface area contributed by atoms with Crippen LogP contribution in [0.2, 0.25) is 0 Å². The number of Topliss-reactive ketones (excluding diaryl/α,β-unsaturated/α-hetero) is 1. The zero-order valence-electron chi connectivity index (χ0n) is 22.0. The Kier molecular flexibility index (Phi) is 7.53. The molecule has 0 amide bonds. The number of amidine groups is 1. The summed E-state index contributed by atoms with van der Waals surface area (Å²) in [5.74, 6) is -0.791. The van der Waals surface area contributed by atoms with E-state index in [1.807, 2.05) is 0 Å². The molecule has 5 nitrogen and oxygen atoms in total. The number of methoxy groups -OCH3 is 1. The number of ketones is 1. The van der Waals surface area contributed by atoms with Crippen LogP contribution in [0.15, 0.2) is 65.7 Å². The van der Waals surface area contributed by atoms with Crippen LogP contribution in [0.5, 0.6) is 5.75 Å². The molecule has 0 aliphatic carbocycles. The molecule has 0 aromatic heterocycles. The normalized spacial score (nSPS) is 17.9. The number of nitrogens with zero attached hydrogens (tertiary/aromatic N) is 3. The van der Waals surface area contributed by atoms with Gasteiger partial charge in [0, 0.05) is 36.7 Å². The standard InChI is InChI=1S/C30H28F5N3O2/c1-18(39)16-25-23-4-3-5-24(32)28(23)36-29(19-12-14-37(15-13-19)22-9-7-21(31)8-10-22)38(25)26-17-20(30(33,34)35)6-11-27(26)40-2/h3-11,17,19,25H,12-16H2,1-2H3. The summed E-state index contributed by atoms with van der Waals surface area (Å²) < 4.78 is 75.5. The van der Waals surface area contributed by atoms with Crippen LogP contribution >= 0.6 is 0 Å². The Bertz CT molecular complexity index is 1430. The minimum absolute atomic E-state index is 0.0662. The first kappa shape index (κ1) is 27.6. The number of hydrogen-bond donors (Lipinski definition) is 0. The summed E-state index contributed by atoms with van der Waals surface area (Å²) in [5, 5.41) is 0. The molecule has 1 fully saturated rings. The first-order chi connectivity index (χ1) is 19.1. The molecule has 1 atom stereocenters. The third kappa shape index (κ3) is 5.39. The lowest BCUT2D eigenvalue weighted by Crippen LogP contribution is -2.46. The van der Waals surface area contributed by atoms with Crippen molar-refractivity contribution < 1.29 is 31.5 Å². The third-order valence-corrected chi connectivity index (χ3v) is 7.46. The third-order valence-electron chi connectivity index (χ3n) is 7.46. The maximum Gasteiger partial charge on any atom is 0.416 e. The van der Waals surface area contributed by atoms with Gasteiger partial charge in [0.1, 0.15) is 34.7 Å². The van der Waals surface area contributed by atoms with Crippen LogP contribution in [-0.4, -0.2) is 31.8 Å². The lowest BCUT2D eigenvalue weighted by atomic mass is 9.88. The van der Waals surface area contributed by atoms with Crippen LogP contribution in [0.4, 0.5) is 39.0 Å². The highest BCUT2D eigenvalue weighted by Gasteiger charge is 2.40. The van der Waals surface area contributed by atoms with E-state index in [-0.39, 0.29) is 41.1 Å². The largest absolute Gasteiger partial charge is 0.495 e. The summed E-state index contributed by atoms with van der Waals surface area (Å²) in [4.78, 5) is 20.9. The van der Waals surface area contributed by atoms with Crippen molar-refractivity contribution in [1.82, 2.24) is 0 Å². The average molecular weight is 558 g/mol. The summed E-state index contributed by atoms with van der Waals surface area (Å²) in [6, 6.07) is 13.0. The topological polar surface area (TPSA) is 45.1 Å². The Morgan fingerprint density at radius 3 is 2.35 bits per heavy atom. The lowest BCUT2D eigenvalue weighted by molar-refractivity contribution is -0.137.